The summed E-state index contributed by atoms with van der Waals surface area (Å²) in [5.41, 5.74) is 3.53. The smallest absolute Gasteiger partial charge is 1.00 e. The topological polar surface area (TPSA) is 12.9 Å². The van der Waals surface area contributed by atoms with Crippen LogP contribution in [0.15, 0.2) is 85.1 Å². The van der Waals surface area contributed by atoms with Crippen molar-refractivity contribution in [1.82, 2.24) is 4.98 Å². The fraction of sp³-hybridized carbons (Fsp3) is 0.154. The SMILES string of the molecule is C[C]1[C](C)[C](C)[C](c2ccccc2)[C]1C.[Cl-].[Cl-].[Rh+2].c1ccc(-c2ccccn2)cc1. The minimum atomic E-state index is 0. The quantitative estimate of drug-likeness (QED) is 0.450. The van der Waals surface area contributed by atoms with Gasteiger partial charge in [0.1, 0.15) is 0 Å². The van der Waals surface area contributed by atoms with Crippen LogP contribution in [-0.2, 0) is 19.5 Å². The average molecular weight is 526 g/mol. The molecule has 1 heterocycles. The van der Waals surface area contributed by atoms with E-state index in [-0.39, 0.29) is 44.3 Å². The van der Waals surface area contributed by atoms with Gasteiger partial charge in [0, 0.05) is 17.7 Å². The van der Waals surface area contributed by atoms with E-state index in [9.17, 15) is 0 Å². The van der Waals surface area contributed by atoms with Crippen molar-refractivity contribution in [3.63, 3.8) is 0 Å². The number of rotatable bonds is 2. The molecule has 6 radical (unpaired) electrons. The van der Waals surface area contributed by atoms with Crippen molar-refractivity contribution in [1.29, 1.82) is 0 Å². The monoisotopic (exact) mass is 525 g/mol. The molecule has 0 spiro atoms. The molecule has 1 aliphatic rings. The second-order valence-electron chi connectivity index (χ2n) is 6.82. The first-order valence-corrected chi connectivity index (χ1v) is 9.34. The first-order valence-electron chi connectivity index (χ1n) is 9.34. The first-order chi connectivity index (χ1) is 13.1. The summed E-state index contributed by atoms with van der Waals surface area (Å²) in [5.74, 6) is 7.15. The van der Waals surface area contributed by atoms with E-state index in [2.05, 4.69) is 75.1 Å². The van der Waals surface area contributed by atoms with Crippen molar-refractivity contribution in [2.45, 2.75) is 27.7 Å². The molecule has 4 rings (SSSR count). The normalized spacial score (nSPS) is 15.2. The molecule has 0 bridgehead atoms. The average Bonchev–Trinajstić information content (AvgIpc) is 2.93. The minimum absolute atomic E-state index is 0. The molecular weight excluding hydrogens is 500 g/mol. The Labute approximate surface area is 207 Å². The van der Waals surface area contributed by atoms with Gasteiger partial charge in [-0.2, -0.15) is 0 Å². The van der Waals surface area contributed by atoms with Crippen molar-refractivity contribution < 1.29 is 44.3 Å². The van der Waals surface area contributed by atoms with Crippen LogP contribution in [0.3, 0.4) is 0 Å². The van der Waals surface area contributed by atoms with Crippen molar-refractivity contribution in [2.24, 2.45) is 0 Å². The van der Waals surface area contributed by atoms with Gasteiger partial charge < -0.3 is 24.8 Å². The Morgan fingerprint density at radius 1 is 0.500 bits per heavy atom. The molecular formula is C26H26Cl2NRh. The van der Waals surface area contributed by atoms with E-state index >= 15 is 0 Å². The number of hydrogen-bond donors (Lipinski definition) is 0. The molecule has 1 saturated carbocycles. The largest absolute Gasteiger partial charge is 2.00 e. The van der Waals surface area contributed by atoms with E-state index in [0.29, 0.717) is 0 Å². The molecule has 30 heavy (non-hydrogen) atoms. The van der Waals surface area contributed by atoms with Crippen molar-refractivity contribution in [3.05, 3.63) is 120 Å². The molecule has 1 aliphatic carbocycles. The summed E-state index contributed by atoms with van der Waals surface area (Å²) in [5, 5.41) is 0. The van der Waals surface area contributed by atoms with Gasteiger partial charge in [-0.1, -0.05) is 94.4 Å². The third-order valence-corrected chi connectivity index (χ3v) is 5.23. The van der Waals surface area contributed by atoms with Gasteiger partial charge in [-0.05, 0) is 41.4 Å². The molecule has 0 unspecified atom stereocenters. The van der Waals surface area contributed by atoms with Crippen LogP contribution in [0.4, 0.5) is 0 Å². The van der Waals surface area contributed by atoms with Gasteiger partial charge in [0.15, 0.2) is 0 Å². The van der Waals surface area contributed by atoms with E-state index in [1.54, 1.807) is 0 Å². The Bertz CT molecular complexity index is 763. The van der Waals surface area contributed by atoms with Crippen LogP contribution >= 0.6 is 0 Å². The molecule has 1 aromatic heterocycles. The fourth-order valence-corrected chi connectivity index (χ4v) is 3.40. The van der Waals surface area contributed by atoms with E-state index < -0.39 is 0 Å². The van der Waals surface area contributed by atoms with Crippen LogP contribution in [0.2, 0.25) is 0 Å². The second-order valence-corrected chi connectivity index (χ2v) is 6.82. The summed E-state index contributed by atoms with van der Waals surface area (Å²) in [7, 11) is 0. The molecule has 3 aromatic rings. The standard InChI is InChI=1S/C15H17.C11H9N.2ClH.Rh/c1-10-11(2)13(4)15(12(10)3)14-8-6-5-7-9-14;1-2-6-10(7-3-1)11-8-4-5-9-12-11;;;/h5-9H,1-4H3;1-9H;2*1H;/q;;;;+2/p-2. The van der Waals surface area contributed by atoms with Gasteiger partial charge in [0.25, 0.3) is 0 Å². The third-order valence-electron chi connectivity index (χ3n) is 5.23. The van der Waals surface area contributed by atoms with Gasteiger partial charge in [-0.25, -0.2) is 0 Å². The molecule has 0 aliphatic heterocycles. The van der Waals surface area contributed by atoms with Crippen molar-refractivity contribution in [3.8, 4) is 11.3 Å². The van der Waals surface area contributed by atoms with Crippen LogP contribution < -0.4 is 24.8 Å². The Kier molecular flexibility index (Phi) is 13.4. The fourth-order valence-electron chi connectivity index (χ4n) is 3.40. The summed E-state index contributed by atoms with van der Waals surface area (Å²) < 4.78 is 0. The van der Waals surface area contributed by atoms with Gasteiger partial charge >= 0.3 is 19.5 Å². The Morgan fingerprint density at radius 3 is 1.37 bits per heavy atom. The van der Waals surface area contributed by atoms with Crippen LogP contribution in [-0.4, -0.2) is 4.98 Å². The van der Waals surface area contributed by atoms with Gasteiger partial charge in [-0.3, -0.25) is 4.98 Å². The zero-order chi connectivity index (χ0) is 19.2. The molecule has 1 fully saturated rings. The van der Waals surface area contributed by atoms with Crippen LogP contribution in [0.5, 0.6) is 0 Å². The van der Waals surface area contributed by atoms with E-state index in [4.69, 9.17) is 0 Å². The molecule has 2 aromatic carbocycles. The maximum atomic E-state index is 4.25. The van der Waals surface area contributed by atoms with Gasteiger partial charge in [0.05, 0.1) is 5.69 Å². The maximum Gasteiger partial charge on any atom is 2.00 e. The molecule has 158 valence electrons. The van der Waals surface area contributed by atoms with E-state index in [0.717, 1.165) is 11.3 Å². The number of nitrogens with zero attached hydrogens (tertiary/aromatic N) is 1. The Balaban J connectivity index is 0.000000519. The number of hydrogen-bond acceptors (Lipinski definition) is 1. The predicted octanol–water partition coefficient (Wildman–Crippen LogP) is 0.754. The number of halogens is 2. The number of aromatic nitrogens is 1. The van der Waals surface area contributed by atoms with Gasteiger partial charge in [-0.15, -0.1) is 0 Å². The van der Waals surface area contributed by atoms with Crippen LogP contribution in [0.25, 0.3) is 11.3 Å². The molecule has 1 nitrogen and oxygen atoms in total. The molecule has 0 N–H and O–H groups in total. The first kappa shape index (κ1) is 28.8. The zero-order valence-corrected chi connectivity index (χ0v) is 20.8. The van der Waals surface area contributed by atoms with Crippen LogP contribution in [0.1, 0.15) is 33.3 Å². The second kappa shape index (κ2) is 14.0. The molecule has 0 atom stereocenters. The van der Waals surface area contributed by atoms with Crippen molar-refractivity contribution >= 4 is 0 Å². The Hall–Kier alpha value is -1.21. The minimum Gasteiger partial charge on any atom is -1.00 e. The maximum absolute atomic E-state index is 4.25. The van der Waals surface area contributed by atoms with Gasteiger partial charge in [0.2, 0.25) is 0 Å². The zero-order valence-electron chi connectivity index (χ0n) is 17.6. The summed E-state index contributed by atoms with van der Waals surface area (Å²) in [6, 6.07) is 26.7. The summed E-state index contributed by atoms with van der Waals surface area (Å²) >= 11 is 0. The molecule has 0 amide bonds. The predicted molar refractivity (Wildman–Crippen MR) is 114 cm³/mol. The molecule has 0 saturated heterocycles. The van der Waals surface area contributed by atoms with E-state index in [1.807, 2.05) is 42.6 Å². The molecule has 4 heteroatoms. The summed E-state index contributed by atoms with van der Waals surface area (Å²) in [4.78, 5) is 4.25. The third kappa shape index (κ3) is 6.91. The summed E-state index contributed by atoms with van der Waals surface area (Å²) in [6.45, 7) is 8.86. The van der Waals surface area contributed by atoms with Crippen LogP contribution in [0, 0.1) is 29.6 Å². The number of pyridine rings is 1. The van der Waals surface area contributed by atoms with Crippen molar-refractivity contribution in [2.75, 3.05) is 0 Å². The Morgan fingerprint density at radius 2 is 0.933 bits per heavy atom. The summed E-state index contributed by atoms with van der Waals surface area (Å²) in [6.07, 6.45) is 1.81. The van der Waals surface area contributed by atoms with E-state index in [1.165, 1.54) is 35.2 Å². The number of benzene rings is 2.